The molecule has 2 heterocycles. The van der Waals surface area contributed by atoms with Crippen molar-refractivity contribution in [3.63, 3.8) is 0 Å². The second kappa shape index (κ2) is 11.5. The Labute approximate surface area is 215 Å². The first kappa shape index (κ1) is 26.3. The summed E-state index contributed by atoms with van der Waals surface area (Å²) in [4.78, 5) is 16.6. The molecule has 2 aromatic carbocycles. The quantitative estimate of drug-likeness (QED) is 0.394. The van der Waals surface area contributed by atoms with Gasteiger partial charge in [-0.1, -0.05) is 17.7 Å². The summed E-state index contributed by atoms with van der Waals surface area (Å²) in [6.07, 6.45) is 0.689. The third-order valence-corrected chi connectivity index (χ3v) is 9.01. The highest BCUT2D eigenvalue weighted by Gasteiger charge is 2.35. The monoisotopic (exact) mass is 532 g/mol. The van der Waals surface area contributed by atoms with E-state index in [9.17, 15) is 17.6 Å². The first-order chi connectivity index (χ1) is 17.3. The van der Waals surface area contributed by atoms with Crippen molar-refractivity contribution in [2.75, 3.05) is 40.0 Å². The minimum atomic E-state index is -3.91. The van der Waals surface area contributed by atoms with E-state index >= 15 is 0 Å². The molecule has 1 amide bonds. The molecule has 1 aromatic heterocycles. The number of hydrogen-bond donors (Lipinski definition) is 0. The van der Waals surface area contributed by atoms with Gasteiger partial charge in [-0.3, -0.25) is 4.79 Å². The number of carbonyl (C=O) groups excluding carboxylic acids is 1. The number of hydrogen-bond acceptors (Lipinski definition) is 6. The van der Waals surface area contributed by atoms with Crippen LogP contribution in [0, 0.1) is 12.7 Å². The number of amides is 1. The summed E-state index contributed by atoms with van der Waals surface area (Å²) in [5.74, 6) is -0.177. The SMILES string of the molecule is COCCN(CC(=O)N1CCc2sccc2[C@H]1COc1ccc(F)cc1)S(=O)(=O)c1ccc(C)cc1. The fourth-order valence-electron chi connectivity index (χ4n) is 4.16. The smallest absolute Gasteiger partial charge is 0.243 e. The first-order valence-corrected chi connectivity index (χ1v) is 13.9. The summed E-state index contributed by atoms with van der Waals surface area (Å²) in [5, 5.41) is 1.98. The van der Waals surface area contributed by atoms with Gasteiger partial charge in [0.1, 0.15) is 18.2 Å². The van der Waals surface area contributed by atoms with Crippen LogP contribution in [0.3, 0.4) is 0 Å². The number of benzene rings is 2. The van der Waals surface area contributed by atoms with Gasteiger partial charge in [0.2, 0.25) is 15.9 Å². The summed E-state index contributed by atoms with van der Waals surface area (Å²) in [7, 11) is -2.42. The lowest BCUT2D eigenvalue weighted by Crippen LogP contribution is -2.48. The molecule has 0 N–H and O–H groups in total. The van der Waals surface area contributed by atoms with Gasteiger partial charge in [-0.25, -0.2) is 12.8 Å². The van der Waals surface area contributed by atoms with Crippen molar-refractivity contribution >= 4 is 27.3 Å². The molecule has 0 bridgehead atoms. The summed E-state index contributed by atoms with van der Waals surface area (Å²) >= 11 is 1.63. The third kappa shape index (κ3) is 5.95. The summed E-state index contributed by atoms with van der Waals surface area (Å²) in [6.45, 7) is 2.39. The van der Waals surface area contributed by atoms with E-state index in [1.807, 2.05) is 18.4 Å². The molecule has 0 fully saturated rings. The summed E-state index contributed by atoms with van der Waals surface area (Å²) in [5.41, 5.74) is 1.93. The molecular weight excluding hydrogens is 503 g/mol. The van der Waals surface area contributed by atoms with Crippen LogP contribution in [0.4, 0.5) is 4.39 Å². The fourth-order valence-corrected chi connectivity index (χ4v) is 6.46. The predicted octanol–water partition coefficient (Wildman–Crippen LogP) is 4.04. The van der Waals surface area contributed by atoms with Crippen LogP contribution in [-0.4, -0.2) is 63.5 Å². The normalized spacial score (nSPS) is 15.7. The van der Waals surface area contributed by atoms with Crippen molar-refractivity contribution in [1.82, 2.24) is 9.21 Å². The second-order valence-electron chi connectivity index (χ2n) is 8.56. The fraction of sp³-hybridized carbons (Fsp3) is 0.346. The van der Waals surface area contributed by atoms with E-state index in [4.69, 9.17) is 9.47 Å². The van der Waals surface area contributed by atoms with Crippen LogP contribution >= 0.6 is 11.3 Å². The average Bonchev–Trinajstić information content (AvgIpc) is 3.35. The number of sulfonamides is 1. The van der Waals surface area contributed by atoms with Gasteiger partial charge in [-0.05, 0) is 66.8 Å². The zero-order valence-electron chi connectivity index (χ0n) is 20.2. The van der Waals surface area contributed by atoms with Crippen LogP contribution in [0.15, 0.2) is 64.9 Å². The Morgan fingerprint density at radius 1 is 1.14 bits per heavy atom. The number of methoxy groups -OCH3 is 1. The number of nitrogens with zero attached hydrogens (tertiary/aromatic N) is 2. The van der Waals surface area contributed by atoms with Crippen molar-refractivity contribution < 1.29 is 27.1 Å². The predicted molar refractivity (Wildman–Crippen MR) is 136 cm³/mol. The van der Waals surface area contributed by atoms with Crippen molar-refractivity contribution in [3.05, 3.63) is 81.8 Å². The molecule has 0 unspecified atom stereocenters. The second-order valence-corrected chi connectivity index (χ2v) is 11.5. The molecule has 0 aliphatic carbocycles. The Bertz CT molecular complexity index is 1280. The number of thiophene rings is 1. The molecule has 7 nitrogen and oxygen atoms in total. The Morgan fingerprint density at radius 2 is 1.86 bits per heavy atom. The first-order valence-electron chi connectivity index (χ1n) is 11.6. The van der Waals surface area contributed by atoms with Crippen molar-refractivity contribution in [2.45, 2.75) is 24.3 Å². The number of halogens is 1. The summed E-state index contributed by atoms with van der Waals surface area (Å²) in [6, 6.07) is 13.9. The van der Waals surface area contributed by atoms with Crippen molar-refractivity contribution in [2.24, 2.45) is 0 Å². The van der Waals surface area contributed by atoms with E-state index in [-0.39, 0.29) is 49.0 Å². The van der Waals surface area contributed by atoms with Gasteiger partial charge in [0, 0.05) is 25.1 Å². The highest BCUT2D eigenvalue weighted by molar-refractivity contribution is 7.89. The molecule has 36 heavy (non-hydrogen) atoms. The highest BCUT2D eigenvalue weighted by atomic mass is 32.2. The molecule has 1 atom stereocenters. The lowest BCUT2D eigenvalue weighted by atomic mass is 10.0. The Morgan fingerprint density at radius 3 is 2.56 bits per heavy atom. The maximum Gasteiger partial charge on any atom is 0.243 e. The van der Waals surface area contributed by atoms with Gasteiger partial charge in [0.05, 0.1) is 24.1 Å². The number of rotatable bonds is 10. The molecule has 0 saturated carbocycles. The standard InChI is InChI=1S/C26H29FN2O5S2/c1-19-3-9-22(10-4-19)36(31,32)28(14-15-33-2)17-26(30)29-13-11-25-23(12-16-35-25)24(29)18-34-21-7-5-20(27)6-8-21/h3-10,12,16,24H,11,13-15,17-18H2,1-2H3/t24-/m1/s1. The molecule has 4 rings (SSSR count). The molecular formula is C26H29FN2O5S2. The van der Waals surface area contributed by atoms with Gasteiger partial charge >= 0.3 is 0 Å². The number of ether oxygens (including phenoxy) is 2. The Hall–Kier alpha value is -2.79. The van der Waals surface area contributed by atoms with Crippen molar-refractivity contribution in [1.29, 1.82) is 0 Å². The number of fused-ring (bicyclic) bond motifs is 1. The molecule has 1 aliphatic rings. The summed E-state index contributed by atoms with van der Waals surface area (Å²) < 4.78 is 52.3. The zero-order chi connectivity index (χ0) is 25.7. The Balaban J connectivity index is 1.55. The highest BCUT2D eigenvalue weighted by Crippen LogP contribution is 2.34. The Kier molecular flexibility index (Phi) is 8.40. The van der Waals surface area contributed by atoms with Crippen LogP contribution in [-0.2, 0) is 26.0 Å². The van der Waals surface area contributed by atoms with Gasteiger partial charge in [0.15, 0.2) is 0 Å². The minimum Gasteiger partial charge on any atom is -0.491 e. The van der Waals surface area contributed by atoms with Crippen LogP contribution in [0.5, 0.6) is 5.75 Å². The van der Waals surface area contributed by atoms with Crippen LogP contribution < -0.4 is 4.74 Å². The van der Waals surface area contributed by atoms with E-state index in [0.29, 0.717) is 18.7 Å². The largest absolute Gasteiger partial charge is 0.491 e. The van der Waals surface area contributed by atoms with E-state index in [1.165, 1.54) is 28.4 Å². The molecule has 0 saturated heterocycles. The van der Waals surface area contributed by atoms with Gasteiger partial charge in [-0.15, -0.1) is 11.3 Å². The molecule has 3 aromatic rings. The van der Waals surface area contributed by atoms with E-state index in [0.717, 1.165) is 11.1 Å². The lowest BCUT2D eigenvalue weighted by molar-refractivity contribution is -0.135. The average molecular weight is 533 g/mol. The van der Waals surface area contributed by atoms with E-state index in [2.05, 4.69) is 0 Å². The molecule has 0 spiro atoms. The van der Waals surface area contributed by atoms with E-state index in [1.54, 1.807) is 52.6 Å². The van der Waals surface area contributed by atoms with Crippen molar-refractivity contribution in [3.8, 4) is 5.75 Å². The molecule has 0 radical (unpaired) electrons. The van der Waals surface area contributed by atoms with Crippen LogP contribution in [0.1, 0.15) is 22.0 Å². The maximum atomic E-state index is 13.6. The molecule has 192 valence electrons. The van der Waals surface area contributed by atoms with Crippen LogP contribution in [0.25, 0.3) is 0 Å². The lowest BCUT2D eigenvalue weighted by Gasteiger charge is -2.37. The topological polar surface area (TPSA) is 76.2 Å². The molecule has 10 heteroatoms. The van der Waals surface area contributed by atoms with Gasteiger partial charge in [-0.2, -0.15) is 4.31 Å². The van der Waals surface area contributed by atoms with Crippen LogP contribution in [0.2, 0.25) is 0 Å². The number of aryl methyl sites for hydroxylation is 1. The zero-order valence-corrected chi connectivity index (χ0v) is 21.9. The van der Waals surface area contributed by atoms with Gasteiger partial charge < -0.3 is 14.4 Å². The maximum absolute atomic E-state index is 13.6. The third-order valence-electron chi connectivity index (χ3n) is 6.15. The van der Waals surface area contributed by atoms with E-state index < -0.39 is 10.0 Å². The molecule has 1 aliphatic heterocycles. The number of carbonyl (C=O) groups is 1. The minimum absolute atomic E-state index is 0.0484. The van der Waals surface area contributed by atoms with Gasteiger partial charge in [0.25, 0.3) is 0 Å².